The molecule has 2 heterocycles. The Labute approximate surface area is 123 Å². The molecule has 1 aliphatic rings. The van der Waals surface area contributed by atoms with Gasteiger partial charge in [0.1, 0.15) is 0 Å². The average molecular weight is 301 g/mol. The molecular formula is C14H21ClN2OS. The molecule has 3 nitrogen and oxygen atoms in total. The molecule has 0 bridgehead atoms. The van der Waals surface area contributed by atoms with Gasteiger partial charge >= 0.3 is 0 Å². The molecular weight excluding hydrogens is 280 g/mol. The normalized spacial score (nSPS) is 22.5. The second-order valence-corrected chi connectivity index (χ2v) is 8.25. The second kappa shape index (κ2) is 4.76. The summed E-state index contributed by atoms with van der Waals surface area (Å²) in [6.07, 6.45) is 1.64. The lowest BCUT2D eigenvalue weighted by Gasteiger charge is -2.54. The van der Waals surface area contributed by atoms with Gasteiger partial charge in [-0.3, -0.25) is 4.79 Å². The largest absolute Gasteiger partial charge is 0.328 e. The summed E-state index contributed by atoms with van der Waals surface area (Å²) in [5.41, 5.74) is 5.65. The Hall–Kier alpha value is -0.580. The van der Waals surface area contributed by atoms with E-state index in [0.717, 1.165) is 12.8 Å². The summed E-state index contributed by atoms with van der Waals surface area (Å²) in [6, 6.07) is 3.71. The van der Waals surface area contributed by atoms with E-state index in [1.54, 1.807) is 12.1 Å². The number of rotatable bonds is 1. The third kappa shape index (κ3) is 2.81. The van der Waals surface area contributed by atoms with Crippen molar-refractivity contribution < 1.29 is 4.79 Å². The molecule has 1 aromatic rings. The zero-order chi connectivity index (χ0) is 14.4. The summed E-state index contributed by atoms with van der Waals surface area (Å²) >= 11 is 7.27. The van der Waals surface area contributed by atoms with Crippen molar-refractivity contribution >= 4 is 28.8 Å². The quantitative estimate of drug-likeness (QED) is 0.862. The van der Waals surface area contributed by atoms with Gasteiger partial charge in [-0.05, 0) is 52.7 Å². The van der Waals surface area contributed by atoms with E-state index in [1.165, 1.54) is 11.3 Å². The number of halogens is 1. The van der Waals surface area contributed by atoms with E-state index in [2.05, 4.69) is 27.7 Å². The van der Waals surface area contributed by atoms with Crippen molar-refractivity contribution in [1.29, 1.82) is 0 Å². The zero-order valence-corrected chi connectivity index (χ0v) is 13.4. The molecule has 1 aromatic heterocycles. The number of hydrogen-bond acceptors (Lipinski definition) is 3. The number of nitrogens with zero attached hydrogens (tertiary/aromatic N) is 1. The van der Waals surface area contributed by atoms with Crippen LogP contribution < -0.4 is 5.73 Å². The van der Waals surface area contributed by atoms with Crippen molar-refractivity contribution in [1.82, 2.24) is 4.90 Å². The molecule has 1 saturated heterocycles. The molecule has 0 radical (unpaired) electrons. The summed E-state index contributed by atoms with van der Waals surface area (Å²) in [7, 11) is 0. The van der Waals surface area contributed by atoms with Crippen LogP contribution in [0.2, 0.25) is 4.34 Å². The van der Waals surface area contributed by atoms with Crippen molar-refractivity contribution in [3.05, 3.63) is 21.3 Å². The first-order valence-corrected chi connectivity index (χ1v) is 7.68. The lowest BCUT2D eigenvalue weighted by atomic mass is 9.77. The number of carbonyl (C=O) groups is 1. The van der Waals surface area contributed by atoms with Gasteiger partial charge in [0.25, 0.3) is 5.91 Å². The number of hydrogen-bond donors (Lipinski definition) is 1. The van der Waals surface area contributed by atoms with Gasteiger partial charge in [-0.2, -0.15) is 0 Å². The molecule has 0 aromatic carbocycles. The minimum Gasteiger partial charge on any atom is -0.328 e. The summed E-state index contributed by atoms with van der Waals surface area (Å²) in [6.45, 7) is 8.34. The van der Waals surface area contributed by atoms with E-state index in [4.69, 9.17) is 17.3 Å². The van der Waals surface area contributed by atoms with Gasteiger partial charge in [0.2, 0.25) is 0 Å². The Balaban J connectivity index is 2.37. The number of nitrogens with two attached hydrogens (primary N) is 1. The predicted octanol–water partition coefficient (Wildman–Crippen LogP) is 3.52. The topological polar surface area (TPSA) is 46.3 Å². The van der Waals surface area contributed by atoms with Crippen molar-refractivity contribution in [3.63, 3.8) is 0 Å². The first-order valence-electron chi connectivity index (χ1n) is 6.49. The Morgan fingerprint density at radius 1 is 1.32 bits per heavy atom. The van der Waals surface area contributed by atoms with Crippen LogP contribution in [0.1, 0.15) is 50.2 Å². The predicted molar refractivity (Wildman–Crippen MR) is 80.9 cm³/mol. The van der Waals surface area contributed by atoms with Gasteiger partial charge in [-0.1, -0.05) is 11.6 Å². The van der Waals surface area contributed by atoms with Crippen LogP contribution in [0.15, 0.2) is 12.1 Å². The van der Waals surface area contributed by atoms with Gasteiger partial charge in [-0.25, -0.2) is 0 Å². The van der Waals surface area contributed by atoms with Crippen LogP contribution in [-0.2, 0) is 0 Å². The van der Waals surface area contributed by atoms with Crippen LogP contribution in [0.25, 0.3) is 0 Å². The molecule has 0 aliphatic carbocycles. The van der Waals surface area contributed by atoms with Crippen LogP contribution in [0, 0.1) is 0 Å². The van der Waals surface area contributed by atoms with Gasteiger partial charge in [0.15, 0.2) is 0 Å². The van der Waals surface area contributed by atoms with E-state index in [9.17, 15) is 4.79 Å². The SMILES string of the molecule is CC1(C)CC(N)CC(C)(C)N1C(=O)c1ccc(Cl)s1. The number of thiophene rings is 1. The Kier molecular flexibility index (Phi) is 3.71. The van der Waals surface area contributed by atoms with E-state index in [0.29, 0.717) is 9.21 Å². The standard InChI is InChI=1S/C14H21ClN2OS/c1-13(2)7-9(16)8-14(3,4)17(13)12(18)10-5-6-11(15)19-10/h5-6,9H,7-8,16H2,1-4H3. The van der Waals surface area contributed by atoms with E-state index >= 15 is 0 Å². The molecule has 0 atom stereocenters. The van der Waals surface area contributed by atoms with Crippen LogP contribution in [0.4, 0.5) is 0 Å². The smallest absolute Gasteiger partial charge is 0.264 e. The molecule has 5 heteroatoms. The molecule has 0 spiro atoms. The fourth-order valence-corrected chi connectivity index (χ4v) is 4.42. The number of carbonyl (C=O) groups excluding carboxylic acids is 1. The molecule has 19 heavy (non-hydrogen) atoms. The van der Waals surface area contributed by atoms with Crippen LogP contribution in [0.5, 0.6) is 0 Å². The van der Waals surface area contributed by atoms with Crippen molar-refractivity contribution in [2.45, 2.75) is 57.7 Å². The summed E-state index contributed by atoms with van der Waals surface area (Å²) in [5.74, 6) is 0.0544. The minimum absolute atomic E-state index is 0.0544. The molecule has 1 amide bonds. The third-order valence-corrected chi connectivity index (χ3v) is 4.94. The highest BCUT2D eigenvalue weighted by molar-refractivity contribution is 7.17. The maximum absolute atomic E-state index is 12.8. The summed E-state index contributed by atoms with van der Waals surface area (Å²) in [5, 5.41) is 0. The van der Waals surface area contributed by atoms with Crippen LogP contribution in [0.3, 0.4) is 0 Å². The maximum Gasteiger partial charge on any atom is 0.264 e. The monoisotopic (exact) mass is 300 g/mol. The minimum atomic E-state index is -0.241. The first kappa shape index (κ1) is 14.8. The second-order valence-electron chi connectivity index (χ2n) is 6.54. The van der Waals surface area contributed by atoms with E-state index in [1.807, 2.05) is 4.90 Å². The number of piperidine rings is 1. The summed E-state index contributed by atoms with van der Waals surface area (Å²) in [4.78, 5) is 15.5. The van der Waals surface area contributed by atoms with Gasteiger partial charge in [0.05, 0.1) is 9.21 Å². The highest BCUT2D eigenvalue weighted by atomic mass is 35.5. The summed E-state index contributed by atoms with van der Waals surface area (Å²) < 4.78 is 0.646. The Morgan fingerprint density at radius 3 is 2.26 bits per heavy atom. The molecule has 1 aliphatic heterocycles. The molecule has 2 rings (SSSR count). The molecule has 0 unspecified atom stereocenters. The fourth-order valence-electron chi connectivity index (χ4n) is 3.45. The van der Waals surface area contributed by atoms with Crippen molar-refractivity contribution in [2.75, 3.05) is 0 Å². The van der Waals surface area contributed by atoms with Crippen LogP contribution >= 0.6 is 22.9 Å². The maximum atomic E-state index is 12.8. The van der Waals surface area contributed by atoms with E-state index in [-0.39, 0.29) is 23.0 Å². The molecule has 106 valence electrons. The van der Waals surface area contributed by atoms with Crippen molar-refractivity contribution in [3.8, 4) is 0 Å². The number of amides is 1. The van der Waals surface area contributed by atoms with E-state index < -0.39 is 0 Å². The Morgan fingerprint density at radius 2 is 1.84 bits per heavy atom. The molecule has 0 saturated carbocycles. The van der Waals surface area contributed by atoms with Gasteiger partial charge < -0.3 is 10.6 Å². The molecule has 1 fully saturated rings. The highest BCUT2D eigenvalue weighted by Crippen LogP contribution is 2.39. The third-order valence-electron chi connectivity index (χ3n) is 3.72. The average Bonchev–Trinajstić information content (AvgIpc) is 2.59. The highest BCUT2D eigenvalue weighted by Gasteiger charge is 2.47. The van der Waals surface area contributed by atoms with Crippen LogP contribution in [-0.4, -0.2) is 27.9 Å². The number of likely N-dealkylation sites (tertiary alicyclic amines) is 1. The van der Waals surface area contributed by atoms with Gasteiger partial charge in [-0.15, -0.1) is 11.3 Å². The van der Waals surface area contributed by atoms with Gasteiger partial charge in [0, 0.05) is 17.1 Å². The fraction of sp³-hybridized carbons (Fsp3) is 0.643. The lowest BCUT2D eigenvalue weighted by Crippen LogP contribution is -2.65. The lowest BCUT2D eigenvalue weighted by molar-refractivity contribution is -0.0168. The first-order chi connectivity index (χ1) is 8.63. The molecule has 2 N–H and O–H groups in total. The Bertz CT molecular complexity index is 477. The van der Waals surface area contributed by atoms with Crippen molar-refractivity contribution in [2.24, 2.45) is 5.73 Å². The zero-order valence-electron chi connectivity index (χ0n) is 11.9.